The first-order valence-electron chi connectivity index (χ1n) is 6.56. The van der Waals surface area contributed by atoms with Crippen molar-refractivity contribution < 1.29 is 14.3 Å². The molecule has 0 aromatic heterocycles. The molecule has 6 heteroatoms. The van der Waals surface area contributed by atoms with Crippen LogP contribution in [0.3, 0.4) is 0 Å². The van der Waals surface area contributed by atoms with E-state index in [9.17, 15) is 4.79 Å². The second kappa shape index (κ2) is 7.65. The van der Waals surface area contributed by atoms with E-state index in [0.29, 0.717) is 11.4 Å². The molecule has 2 aromatic carbocycles. The maximum atomic E-state index is 12.2. The lowest BCUT2D eigenvalue weighted by Gasteiger charge is -2.16. The van der Waals surface area contributed by atoms with Gasteiger partial charge in [-0.25, -0.2) is 0 Å². The number of carbonyl (C=O) groups excluding carboxylic acids is 1. The minimum absolute atomic E-state index is 0.222. The first-order chi connectivity index (χ1) is 10.5. The molecule has 1 N–H and O–H groups in total. The van der Waals surface area contributed by atoms with Crippen LogP contribution in [-0.2, 0) is 4.79 Å². The van der Waals surface area contributed by atoms with Crippen LogP contribution in [0.5, 0.6) is 11.5 Å². The van der Waals surface area contributed by atoms with Crippen LogP contribution in [0.2, 0.25) is 0 Å². The van der Waals surface area contributed by atoms with E-state index in [0.717, 1.165) is 14.7 Å². The average molecular weight is 429 g/mol. The van der Waals surface area contributed by atoms with E-state index in [1.807, 2.05) is 12.1 Å². The van der Waals surface area contributed by atoms with Crippen molar-refractivity contribution in [2.75, 3.05) is 12.4 Å². The molecule has 0 aliphatic carbocycles. The maximum Gasteiger partial charge on any atom is 0.265 e. The molecule has 0 aliphatic heterocycles. The minimum Gasteiger partial charge on any atom is -0.497 e. The van der Waals surface area contributed by atoms with E-state index in [2.05, 4.69) is 37.2 Å². The molecule has 0 heterocycles. The Kier molecular flexibility index (Phi) is 5.85. The monoisotopic (exact) mass is 427 g/mol. The van der Waals surface area contributed by atoms with Gasteiger partial charge in [0.2, 0.25) is 0 Å². The number of anilines is 1. The van der Waals surface area contributed by atoms with Crippen LogP contribution in [0.15, 0.2) is 51.4 Å². The Morgan fingerprint density at radius 2 is 1.82 bits per heavy atom. The number of benzene rings is 2. The first-order valence-corrected chi connectivity index (χ1v) is 8.15. The van der Waals surface area contributed by atoms with E-state index >= 15 is 0 Å². The molecule has 0 bridgehead atoms. The van der Waals surface area contributed by atoms with Gasteiger partial charge in [0.1, 0.15) is 11.5 Å². The lowest BCUT2D eigenvalue weighted by molar-refractivity contribution is -0.122. The maximum absolute atomic E-state index is 12.2. The molecule has 0 aliphatic rings. The highest BCUT2D eigenvalue weighted by Crippen LogP contribution is 2.29. The van der Waals surface area contributed by atoms with Crippen molar-refractivity contribution in [2.45, 2.75) is 13.0 Å². The second-order valence-corrected chi connectivity index (χ2v) is 6.32. The number of ether oxygens (including phenoxy) is 2. The summed E-state index contributed by atoms with van der Waals surface area (Å²) >= 11 is 6.78. The van der Waals surface area contributed by atoms with Crippen molar-refractivity contribution in [1.82, 2.24) is 0 Å². The molecule has 4 nitrogen and oxygen atoms in total. The normalized spacial score (nSPS) is 11.6. The standard InChI is InChI=1S/C16H15Br2NO3/c1-10(22-15-8-3-11(17)9-14(15)18)16(20)19-12-4-6-13(21-2)7-5-12/h3-10H,1-2H3,(H,19,20). The van der Waals surface area contributed by atoms with Gasteiger partial charge in [-0.2, -0.15) is 0 Å². The molecule has 0 spiro atoms. The molecule has 2 aromatic rings. The van der Waals surface area contributed by atoms with Gasteiger partial charge in [-0.15, -0.1) is 0 Å². The van der Waals surface area contributed by atoms with Gasteiger partial charge < -0.3 is 14.8 Å². The molecule has 0 fully saturated rings. The van der Waals surface area contributed by atoms with Crippen LogP contribution in [0.4, 0.5) is 5.69 Å². The summed E-state index contributed by atoms with van der Waals surface area (Å²) in [4.78, 5) is 12.2. The van der Waals surface area contributed by atoms with Gasteiger partial charge in [-0.1, -0.05) is 15.9 Å². The number of halogens is 2. The van der Waals surface area contributed by atoms with Crippen LogP contribution < -0.4 is 14.8 Å². The highest BCUT2D eigenvalue weighted by molar-refractivity contribution is 9.11. The van der Waals surface area contributed by atoms with Gasteiger partial charge in [0.25, 0.3) is 5.91 Å². The smallest absolute Gasteiger partial charge is 0.265 e. The average Bonchev–Trinajstić information content (AvgIpc) is 2.50. The summed E-state index contributed by atoms with van der Waals surface area (Å²) in [5.74, 6) is 1.13. The Bertz CT molecular complexity index is 659. The van der Waals surface area contributed by atoms with Crippen molar-refractivity contribution in [3.05, 3.63) is 51.4 Å². The van der Waals surface area contributed by atoms with Gasteiger partial charge >= 0.3 is 0 Å². The highest BCUT2D eigenvalue weighted by atomic mass is 79.9. The molecule has 0 saturated carbocycles. The van der Waals surface area contributed by atoms with E-state index in [1.165, 1.54) is 0 Å². The van der Waals surface area contributed by atoms with Crippen LogP contribution in [0.25, 0.3) is 0 Å². The van der Waals surface area contributed by atoms with Gasteiger partial charge in [0.15, 0.2) is 6.10 Å². The van der Waals surface area contributed by atoms with Crippen molar-refractivity contribution in [1.29, 1.82) is 0 Å². The topological polar surface area (TPSA) is 47.6 Å². The third-order valence-electron chi connectivity index (χ3n) is 2.92. The SMILES string of the molecule is COc1ccc(NC(=O)C(C)Oc2ccc(Br)cc2Br)cc1. The third kappa shape index (κ3) is 4.48. The van der Waals surface area contributed by atoms with Crippen molar-refractivity contribution in [2.24, 2.45) is 0 Å². The fourth-order valence-electron chi connectivity index (χ4n) is 1.73. The summed E-state index contributed by atoms with van der Waals surface area (Å²) in [6, 6.07) is 12.6. The summed E-state index contributed by atoms with van der Waals surface area (Å²) in [7, 11) is 1.60. The number of carbonyl (C=O) groups is 1. The summed E-state index contributed by atoms with van der Waals surface area (Å²) in [5.41, 5.74) is 0.691. The van der Waals surface area contributed by atoms with Crippen molar-refractivity contribution in [3.8, 4) is 11.5 Å². The van der Waals surface area contributed by atoms with Crippen molar-refractivity contribution in [3.63, 3.8) is 0 Å². The van der Waals surface area contributed by atoms with E-state index < -0.39 is 6.10 Å². The molecule has 116 valence electrons. The Morgan fingerprint density at radius 3 is 2.41 bits per heavy atom. The molecule has 0 saturated heterocycles. The Balaban J connectivity index is 1.99. The molecular formula is C16H15Br2NO3. The zero-order valence-corrected chi connectivity index (χ0v) is 15.3. The summed E-state index contributed by atoms with van der Waals surface area (Å²) < 4.78 is 12.5. The molecule has 0 radical (unpaired) electrons. The number of hydrogen-bond donors (Lipinski definition) is 1. The number of hydrogen-bond acceptors (Lipinski definition) is 3. The van der Waals surface area contributed by atoms with Crippen LogP contribution in [-0.4, -0.2) is 19.1 Å². The number of methoxy groups -OCH3 is 1. The van der Waals surface area contributed by atoms with Gasteiger partial charge in [-0.05, 0) is 65.3 Å². The van der Waals surface area contributed by atoms with Crippen LogP contribution >= 0.6 is 31.9 Å². The summed E-state index contributed by atoms with van der Waals surface area (Å²) in [6.07, 6.45) is -0.625. The molecular weight excluding hydrogens is 414 g/mol. The van der Waals surface area contributed by atoms with Crippen molar-refractivity contribution >= 4 is 43.5 Å². The fraction of sp³-hybridized carbons (Fsp3) is 0.188. The molecule has 22 heavy (non-hydrogen) atoms. The predicted molar refractivity (Wildman–Crippen MR) is 93.6 cm³/mol. The van der Waals surface area contributed by atoms with Crippen LogP contribution in [0.1, 0.15) is 6.92 Å². The number of amides is 1. The van der Waals surface area contributed by atoms with Gasteiger partial charge in [0.05, 0.1) is 11.6 Å². The molecule has 1 atom stereocenters. The Labute approximate surface area is 146 Å². The highest BCUT2D eigenvalue weighted by Gasteiger charge is 2.16. The quantitative estimate of drug-likeness (QED) is 0.755. The Morgan fingerprint density at radius 1 is 1.14 bits per heavy atom. The third-order valence-corrected chi connectivity index (χ3v) is 4.04. The number of nitrogens with one attached hydrogen (secondary N) is 1. The second-order valence-electron chi connectivity index (χ2n) is 4.55. The lowest BCUT2D eigenvalue weighted by atomic mass is 10.2. The van der Waals surface area contributed by atoms with E-state index in [-0.39, 0.29) is 5.91 Å². The minimum atomic E-state index is -0.625. The fourth-order valence-corrected chi connectivity index (χ4v) is 2.87. The first kappa shape index (κ1) is 16.8. The zero-order chi connectivity index (χ0) is 16.1. The summed E-state index contributed by atoms with van der Waals surface area (Å²) in [6.45, 7) is 1.70. The molecule has 1 unspecified atom stereocenters. The van der Waals surface area contributed by atoms with Gasteiger partial charge in [0, 0.05) is 10.2 Å². The Hall–Kier alpha value is -1.53. The summed E-state index contributed by atoms with van der Waals surface area (Å²) in [5, 5.41) is 2.80. The van der Waals surface area contributed by atoms with E-state index in [4.69, 9.17) is 9.47 Å². The van der Waals surface area contributed by atoms with E-state index in [1.54, 1.807) is 44.4 Å². The predicted octanol–water partition coefficient (Wildman–Crippen LogP) is 4.63. The molecule has 1 amide bonds. The lowest BCUT2D eigenvalue weighted by Crippen LogP contribution is -2.30. The molecule has 2 rings (SSSR count). The zero-order valence-electron chi connectivity index (χ0n) is 12.1. The largest absolute Gasteiger partial charge is 0.497 e. The number of rotatable bonds is 5. The van der Waals surface area contributed by atoms with Gasteiger partial charge in [-0.3, -0.25) is 4.79 Å². The van der Waals surface area contributed by atoms with Crippen LogP contribution in [0, 0.1) is 0 Å².